The van der Waals surface area contributed by atoms with Crippen molar-refractivity contribution in [3.63, 3.8) is 0 Å². The molecule has 0 saturated carbocycles. The number of benzene rings is 2. The molecular weight excluding hydrogens is 715 g/mol. The number of furan rings is 1. The zero-order valence-electron chi connectivity index (χ0n) is 38.4. The van der Waals surface area contributed by atoms with Crippen molar-refractivity contribution in [2.45, 2.75) is 151 Å². The minimum absolute atomic E-state index is 0.0415. The van der Waals surface area contributed by atoms with E-state index in [-0.39, 0.29) is 28.4 Å². The molecule has 3 heterocycles. The Morgan fingerprint density at radius 3 is 2.08 bits per heavy atom. The van der Waals surface area contributed by atoms with Crippen molar-refractivity contribution in [1.29, 1.82) is 0 Å². The average molecular weight is 785 g/mol. The Hall–Kier alpha value is -4.44. The standard InChI is InChI=1S/C55H69BN2O/c1-15-16-17-18-43-44(53(9,10)25-24-52(43,7)8)23-28-57-34-47-48(29-35(2)3)58(39-21-22-40-36(4)19-20-37(5)41(40)30-39)50-42-31-45-46(55(13,14)27-26-54(45,11)12)32-49(42)59-51(50)56(47)33-38(57)6/h15,17-18,21-23,28-34,36-37H,1-2,16,19-20,24-27H2,3-14H3/b18-17+,28-23+,48-29+. The number of rotatable bonds is 7. The van der Waals surface area contributed by atoms with Crippen molar-refractivity contribution < 1.29 is 4.42 Å². The molecule has 3 nitrogen and oxygen atoms in total. The fraction of sp³-hybridized carbons (Fsp3) is 0.455. The van der Waals surface area contributed by atoms with Crippen LogP contribution in [0.15, 0.2) is 130 Å². The molecule has 2 unspecified atom stereocenters. The molecule has 0 fully saturated rings. The van der Waals surface area contributed by atoms with Crippen LogP contribution in [0.1, 0.15) is 162 Å². The second-order valence-electron chi connectivity index (χ2n) is 21.5. The summed E-state index contributed by atoms with van der Waals surface area (Å²) in [5, 5.41) is 1.20. The molecule has 2 aromatic carbocycles. The van der Waals surface area contributed by atoms with Gasteiger partial charge in [-0.3, -0.25) is 0 Å². The van der Waals surface area contributed by atoms with E-state index in [0.717, 1.165) is 29.7 Å². The van der Waals surface area contributed by atoms with Gasteiger partial charge in [0.1, 0.15) is 5.58 Å². The molecule has 59 heavy (non-hydrogen) atoms. The predicted molar refractivity (Wildman–Crippen MR) is 255 cm³/mol. The third kappa shape index (κ3) is 7.11. The van der Waals surface area contributed by atoms with Crippen LogP contribution in [0, 0.1) is 10.8 Å². The summed E-state index contributed by atoms with van der Waals surface area (Å²) >= 11 is 0. The highest BCUT2D eigenvalue weighted by Crippen LogP contribution is 2.53. The van der Waals surface area contributed by atoms with E-state index in [1.807, 2.05) is 6.08 Å². The second-order valence-corrected chi connectivity index (χ2v) is 21.5. The SMILES string of the molecule is C=CC/C=C/C1=C(/C=C/N2C=C3B(C=C2C)c2oc4cc5c(cc4c2N(c2ccc4c(c2)C(C)CCC4C)/C3=C/C(=C)C)C(C)(C)CCC5(C)C)C(C)(C)CCC1(C)C. The Morgan fingerprint density at radius 1 is 0.831 bits per heavy atom. The summed E-state index contributed by atoms with van der Waals surface area (Å²) in [6, 6.07) is 12.2. The van der Waals surface area contributed by atoms with Gasteiger partial charge < -0.3 is 14.2 Å². The van der Waals surface area contributed by atoms with E-state index < -0.39 is 0 Å². The normalized spacial score (nSPS) is 24.9. The highest BCUT2D eigenvalue weighted by molar-refractivity contribution is 6.86. The molecule has 308 valence electrons. The first kappa shape index (κ1) is 41.3. The van der Waals surface area contributed by atoms with Gasteiger partial charge in [-0.15, -0.1) is 6.58 Å². The van der Waals surface area contributed by atoms with Crippen LogP contribution < -0.4 is 10.6 Å². The highest BCUT2D eigenvalue weighted by atomic mass is 16.3. The second kappa shape index (κ2) is 14.6. The molecule has 0 radical (unpaired) electrons. The van der Waals surface area contributed by atoms with Crippen molar-refractivity contribution in [2.24, 2.45) is 10.8 Å². The molecule has 3 aliphatic carbocycles. The lowest BCUT2D eigenvalue weighted by atomic mass is 9.39. The molecule has 8 rings (SSSR count). The van der Waals surface area contributed by atoms with Crippen LogP contribution in [-0.4, -0.2) is 11.6 Å². The molecule has 0 amide bonds. The van der Waals surface area contributed by atoms with Gasteiger partial charge in [-0.05, 0) is 168 Å². The summed E-state index contributed by atoms with van der Waals surface area (Å²) < 4.78 is 7.26. The van der Waals surface area contributed by atoms with Gasteiger partial charge in [0, 0.05) is 34.9 Å². The lowest BCUT2D eigenvalue weighted by molar-refractivity contribution is 0.273. The molecule has 0 saturated heterocycles. The van der Waals surface area contributed by atoms with Crippen LogP contribution >= 0.6 is 0 Å². The lowest BCUT2D eigenvalue weighted by Gasteiger charge is -2.42. The van der Waals surface area contributed by atoms with Crippen LogP contribution in [0.3, 0.4) is 0 Å². The Morgan fingerprint density at radius 2 is 1.44 bits per heavy atom. The first-order valence-electron chi connectivity index (χ1n) is 22.6. The Bertz CT molecular complexity index is 2430. The number of hydrogen-bond donors (Lipinski definition) is 0. The smallest absolute Gasteiger partial charge is 0.288 e. The molecule has 2 atom stereocenters. The van der Waals surface area contributed by atoms with Crippen molar-refractivity contribution >= 4 is 34.7 Å². The number of nitrogens with zero attached hydrogens (tertiary/aromatic N) is 2. The van der Waals surface area contributed by atoms with Gasteiger partial charge >= 0.3 is 0 Å². The van der Waals surface area contributed by atoms with E-state index in [2.05, 4.69) is 179 Å². The maximum atomic E-state index is 7.26. The van der Waals surface area contributed by atoms with E-state index in [0.29, 0.717) is 11.8 Å². The minimum Gasteiger partial charge on any atom is -0.468 e. The molecule has 3 aromatic rings. The first-order valence-corrected chi connectivity index (χ1v) is 22.6. The Balaban J connectivity index is 1.36. The molecular formula is C55H69BN2O. The molecule has 2 aliphatic heterocycles. The quantitative estimate of drug-likeness (QED) is 0.176. The van der Waals surface area contributed by atoms with Crippen LogP contribution in [-0.2, 0) is 10.8 Å². The van der Waals surface area contributed by atoms with Crippen molar-refractivity contribution in [3.8, 4) is 0 Å². The number of anilines is 2. The van der Waals surface area contributed by atoms with Gasteiger partial charge in [0.15, 0.2) is 0 Å². The van der Waals surface area contributed by atoms with Crippen molar-refractivity contribution in [2.75, 3.05) is 4.90 Å². The fourth-order valence-electron chi connectivity index (χ4n) is 10.9. The summed E-state index contributed by atoms with van der Waals surface area (Å²) in [6.45, 7) is 36.9. The van der Waals surface area contributed by atoms with Gasteiger partial charge in [-0.25, -0.2) is 0 Å². The van der Waals surface area contributed by atoms with Crippen molar-refractivity contribution in [3.05, 3.63) is 148 Å². The molecule has 0 N–H and O–H groups in total. The summed E-state index contributed by atoms with van der Waals surface area (Å²) in [5.74, 6) is 3.52. The minimum atomic E-state index is -0.0415. The highest BCUT2D eigenvalue weighted by Gasteiger charge is 2.45. The lowest BCUT2D eigenvalue weighted by Crippen LogP contribution is -2.45. The topological polar surface area (TPSA) is 19.6 Å². The third-order valence-electron chi connectivity index (χ3n) is 15.1. The zero-order valence-corrected chi connectivity index (χ0v) is 38.4. The van der Waals surface area contributed by atoms with Gasteiger partial charge in [0.05, 0.1) is 11.3 Å². The average Bonchev–Trinajstić information content (AvgIpc) is 3.54. The maximum absolute atomic E-state index is 7.26. The van der Waals surface area contributed by atoms with Gasteiger partial charge in [-0.2, -0.15) is 0 Å². The maximum Gasteiger partial charge on any atom is 0.288 e. The Kier molecular flexibility index (Phi) is 10.2. The van der Waals surface area contributed by atoms with Crippen LogP contribution in [0.25, 0.3) is 11.0 Å². The van der Waals surface area contributed by atoms with E-state index in [9.17, 15) is 0 Å². The largest absolute Gasteiger partial charge is 0.468 e. The van der Waals surface area contributed by atoms with E-state index in [4.69, 9.17) is 4.42 Å². The van der Waals surface area contributed by atoms with Crippen molar-refractivity contribution in [1.82, 2.24) is 4.90 Å². The van der Waals surface area contributed by atoms with Crippen LogP contribution in [0.4, 0.5) is 11.4 Å². The summed E-state index contributed by atoms with van der Waals surface area (Å²) in [7, 11) is 0. The summed E-state index contributed by atoms with van der Waals surface area (Å²) in [4.78, 5) is 4.88. The van der Waals surface area contributed by atoms with Gasteiger partial charge in [0.25, 0.3) is 6.71 Å². The van der Waals surface area contributed by atoms with E-state index >= 15 is 0 Å². The molecule has 1 aromatic heterocycles. The van der Waals surface area contributed by atoms with Gasteiger partial charge in [-0.1, -0.05) is 112 Å². The number of hydrogen-bond acceptors (Lipinski definition) is 3. The molecule has 0 bridgehead atoms. The number of fused-ring (bicyclic) bond motifs is 7. The Labute approximate surface area is 357 Å². The molecule has 4 heteroatoms. The monoisotopic (exact) mass is 785 g/mol. The van der Waals surface area contributed by atoms with E-state index in [1.165, 1.54) is 99.1 Å². The van der Waals surface area contributed by atoms with E-state index in [1.54, 1.807) is 0 Å². The van der Waals surface area contributed by atoms with Crippen LogP contribution in [0.2, 0.25) is 0 Å². The van der Waals surface area contributed by atoms with Gasteiger partial charge in [0.2, 0.25) is 0 Å². The molecule has 5 aliphatic rings. The fourth-order valence-corrected chi connectivity index (χ4v) is 10.9. The zero-order chi connectivity index (χ0) is 42.4. The summed E-state index contributed by atoms with van der Waals surface area (Å²) in [5.41, 5.74) is 18.0. The number of allylic oxidation sites excluding steroid dienone is 10. The first-order chi connectivity index (χ1) is 27.7. The summed E-state index contributed by atoms with van der Waals surface area (Å²) in [6.07, 6.45) is 24.0. The van der Waals surface area contributed by atoms with Crippen LogP contribution in [0.5, 0.6) is 0 Å². The molecule has 0 spiro atoms. The third-order valence-corrected chi connectivity index (χ3v) is 15.1. The predicted octanol–water partition coefficient (Wildman–Crippen LogP) is 15.1.